The van der Waals surface area contributed by atoms with E-state index in [1.54, 1.807) is 0 Å². The van der Waals surface area contributed by atoms with Gasteiger partial charge in [0.15, 0.2) is 0 Å². The van der Waals surface area contributed by atoms with Crippen molar-refractivity contribution in [1.29, 1.82) is 0 Å². The van der Waals surface area contributed by atoms with Crippen LogP contribution >= 0.6 is 11.8 Å². The zero-order chi connectivity index (χ0) is 15.9. The van der Waals surface area contributed by atoms with Gasteiger partial charge in [0.2, 0.25) is 0 Å². The molecule has 0 heterocycles. The van der Waals surface area contributed by atoms with Gasteiger partial charge in [-0.3, -0.25) is 0 Å². The van der Waals surface area contributed by atoms with Crippen molar-refractivity contribution >= 4 is 11.8 Å². The Kier molecular flexibility index (Phi) is 7.07. The Morgan fingerprint density at radius 1 is 1.14 bits per heavy atom. The second-order valence-corrected chi connectivity index (χ2v) is 6.74. The van der Waals surface area contributed by atoms with Crippen LogP contribution in [0.1, 0.15) is 39.2 Å². The third-order valence-corrected chi connectivity index (χ3v) is 4.49. The second-order valence-electron chi connectivity index (χ2n) is 5.58. The molecule has 120 valence electrons. The van der Waals surface area contributed by atoms with Crippen LogP contribution in [0.25, 0.3) is 0 Å². The van der Waals surface area contributed by atoms with Crippen LogP contribution in [0.5, 0.6) is 0 Å². The zero-order valence-corrected chi connectivity index (χ0v) is 13.7. The second kappa shape index (κ2) is 8.08. The van der Waals surface area contributed by atoms with Gasteiger partial charge in [0.25, 0.3) is 0 Å². The Labute approximate surface area is 129 Å². The van der Waals surface area contributed by atoms with Crippen molar-refractivity contribution in [3.05, 3.63) is 35.9 Å². The normalized spacial score (nSPS) is 15.2. The number of hydrogen-bond donors (Lipinski definition) is 1. The van der Waals surface area contributed by atoms with Crippen LogP contribution in [-0.4, -0.2) is 23.8 Å². The minimum atomic E-state index is -4.15. The number of thioether (sulfide) groups is 1. The van der Waals surface area contributed by atoms with Gasteiger partial charge in [0.05, 0.1) is 0 Å². The standard InChI is InChI=1S/C16H24F3NS/c1-4-15(12-20-13(2)3,10-11-21-16(17,18)19)14-8-6-5-7-9-14/h5-9,13,20H,4,10-12H2,1-3H3. The number of benzene rings is 1. The molecule has 0 aliphatic heterocycles. The summed E-state index contributed by atoms with van der Waals surface area (Å²) in [5.41, 5.74) is -3.28. The first-order valence-electron chi connectivity index (χ1n) is 7.29. The van der Waals surface area contributed by atoms with E-state index >= 15 is 0 Å². The molecule has 1 N–H and O–H groups in total. The SMILES string of the molecule is CCC(CCSC(F)(F)F)(CNC(C)C)c1ccccc1. The molecule has 0 fully saturated rings. The van der Waals surface area contributed by atoms with Gasteiger partial charge in [-0.05, 0) is 18.4 Å². The highest BCUT2D eigenvalue weighted by Gasteiger charge is 2.33. The van der Waals surface area contributed by atoms with Crippen LogP contribution in [0.15, 0.2) is 30.3 Å². The molecule has 0 aromatic heterocycles. The van der Waals surface area contributed by atoms with E-state index in [4.69, 9.17) is 0 Å². The van der Waals surface area contributed by atoms with Crippen molar-refractivity contribution in [2.75, 3.05) is 12.3 Å². The fraction of sp³-hybridized carbons (Fsp3) is 0.625. The topological polar surface area (TPSA) is 12.0 Å². The van der Waals surface area contributed by atoms with Crippen LogP contribution in [0.4, 0.5) is 13.2 Å². The van der Waals surface area contributed by atoms with Crippen LogP contribution in [0.2, 0.25) is 0 Å². The third-order valence-electron chi connectivity index (χ3n) is 3.76. The molecule has 1 rings (SSSR count). The van der Waals surface area contributed by atoms with Crippen molar-refractivity contribution in [2.24, 2.45) is 0 Å². The molecule has 0 aliphatic carbocycles. The average molecular weight is 319 g/mol. The van der Waals surface area contributed by atoms with E-state index in [0.717, 1.165) is 12.0 Å². The van der Waals surface area contributed by atoms with Gasteiger partial charge in [0, 0.05) is 23.8 Å². The summed E-state index contributed by atoms with van der Waals surface area (Å²) < 4.78 is 37.2. The highest BCUT2D eigenvalue weighted by Crippen LogP contribution is 2.37. The molecule has 1 atom stereocenters. The molecule has 1 aromatic carbocycles. The molecular weight excluding hydrogens is 295 g/mol. The van der Waals surface area contributed by atoms with Gasteiger partial charge in [0.1, 0.15) is 0 Å². The molecule has 21 heavy (non-hydrogen) atoms. The minimum absolute atomic E-state index is 0.0770. The van der Waals surface area contributed by atoms with Crippen molar-refractivity contribution in [3.8, 4) is 0 Å². The largest absolute Gasteiger partial charge is 0.441 e. The third kappa shape index (κ3) is 6.30. The Bertz CT molecular complexity index is 406. The van der Waals surface area contributed by atoms with E-state index in [-0.39, 0.29) is 22.9 Å². The van der Waals surface area contributed by atoms with Crippen molar-refractivity contribution in [1.82, 2.24) is 5.32 Å². The zero-order valence-electron chi connectivity index (χ0n) is 12.8. The van der Waals surface area contributed by atoms with E-state index in [2.05, 4.69) is 19.2 Å². The Morgan fingerprint density at radius 3 is 2.24 bits per heavy atom. The summed E-state index contributed by atoms with van der Waals surface area (Å²) in [6.45, 7) is 6.85. The number of halogens is 3. The molecule has 0 spiro atoms. The van der Waals surface area contributed by atoms with Crippen LogP contribution in [-0.2, 0) is 5.41 Å². The number of rotatable bonds is 8. The molecule has 0 saturated heterocycles. The lowest BCUT2D eigenvalue weighted by Crippen LogP contribution is -2.41. The quantitative estimate of drug-likeness (QED) is 0.725. The fourth-order valence-electron chi connectivity index (χ4n) is 2.39. The maximum atomic E-state index is 12.4. The monoisotopic (exact) mass is 319 g/mol. The maximum Gasteiger partial charge on any atom is 0.441 e. The van der Waals surface area contributed by atoms with Gasteiger partial charge < -0.3 is 5.32 Å². The Hall–Kier alpha value is -0.680. The molecule has 1 nitrogen and oxygen atoms in total. The fourth-order valence-corrected chi connectivity index (χ4v) is 3.12. The van der Waals surface area contributed by atoms with Crippen LogP contribution < -0.4 is 5.32 Å². The summed E-state index contributed by atoms with van der Waals surface area (Å²) >= 11 is 0.0770. The van der Waals surface area contributed by atoms with Crippen LogP contribution in [0, 0.1) is 0 Å². The Balaban J connectivity index is 2.86. The van der Waals surface area contributed by atoms with Crippen molar-refractivity contribution in [2.45, 2.75) is 50.6 Å². The summed E-state index contributed by atoms with van der Waals surface area (Å²) in [5, 5.41) is 3.39. The van der Waals surface area contributed by atoms with Gasteiger partial charge in [-0.25, -0.2) is 0 Å². The van der Waals surface area contributed by atoms with Crippen molar-refractivity contribution in [3.63, 3.8) is 0 Å². The van der Waals surface area contributed by atoms with E-state index in [9.17, 15) is 13.2 Å². The molecule has 5 heteroatoms. The summed E-state index contributed by atoms with van der Waals surface area (Å²) in [7, 11) is 0. The minimum Gasteiger partial charge on any atom is -0.314 e. The number of hydrogen-bond acceptors (Lipinski definition) is 2. The first-order valence-corrected chi connectivity index (χ1v) is 8.27. The number of nitrogens with one attached hydrogen (secondary N) is 1. The summed E-state index contributed by atoms with van der Waals surface area (Å²) in [6.07, 6.45) is 1.33. The van der Waals surface area contributed by atoms with Gasteiger partial charge in [-0.1, -0.05) is 62.9 Å². The summed E-state index contributed by atoms with van der Waals surface area (Å²) in [6, 6.07) is 10.2. The molecule has 1 aromatic rings. The lowest BCUT2D eigenvalue weighted by Gasteiger charge is -2.35. The smallest absolute Gasteiger partial charge is 0.314 e. The van der Waals surface area contributed by atoms with Gasteiger partial charge in [-0.2, -0.15) is 13.2 Å². The van der Waals surface area contributed by atoms with E-state index in [1.807, 2.05) is 37.3 Å². The van der Waals surface area contributed by atoms with E-state index < -0.39 is 5.51 Å². The molecule has 0 aliphatic rings. The summed E-state index contributed by atoms with van der Waals surface area (Å²) in [4.78, 5) is 0. The first kappa shape index (κ1) is 18.4. The highest BCUT2D eigenvalue weighted by molar-refractivity contribution is 8.00. The van der Waals surface area contributed by atoms with Crippen molar-refractivity contribution < 1.29 is 13.2 Å². The molecule has 0 radical (unpaired) electrons. The number of alkyl halides is 3. The molecule has 0 amide bonds. The highest BCUT2D eigenvalue weighted by atomic mass is 32.2. The lowest BCUT2D eigenvalue weighted by atomic mass is 9.75. The molecule has 0 bridgehead atoms. The van der Waals surface area contributed by atoms with Crippen LogP contribution in [0.3, 0.4) is 0 Å². The molecular formula is C16H24F3NS. The lowest BCUT2D eigenvalue weighted by molar-refractivity contribution is -0.0328. The molecule has 1 unspecified atom stereocenters. The van der Waals surface area contributed by atoms with E-state index in [0.29, 0.717) is 19.0 Å². The average Bonchev–Trinajstić information content (AvgIpc) is 2.42. The first-order chi connectivity index (χ1) is 9.79. The Morgan fingerprint density at radius 2 is 1.76 bits per heavy atom. The van der Waals surface area contributed by atoms with E-state index in [1.165, 1.54) is 0 Å². The predicted molar refractivity (Wildman–Crippen MR) is 84.7 cm³/mol. The predicted octanol–water partition coefficient (Wildman–Crippen LogP) is 4.98. The maximum absolute atomic E-state index is 12.4. The van der Waals surface area contributed by atoms with Gasteiger partial charge in [-0.15, -0.1) is 0 Å². The van der Waals surface area contributed by atoms with Gasteiger partial charge >= 0.3 is 5.51 Å². The molecule has 0 saturated carbocycles. The summed E-state index contributed by atoms with van der Waals surface area (Å²) in [5.74, 6) is 0.0893.